The molecule has 0 amide bonds. The van der Waals surface area contributed by atoms with Crippen molar-refractivity contribution in [3.05, 3.63) is 204 Å². The predicted molar refractivity (Wildman–Crippen MR) is 247 cm³/mol. The second-order valence-electron chi connectivity index (χ2n) is 15.5. The highest BCUT2D eigenvalue weighted by molar-refractivity contribution is 5.92. The number of phenols is 2. The van der Waals surface area contributed by atoms with Crippen LogP contribution in [0, 0.1) is 11.8 Å². The molecule has 0 aromatic heterocycles. The number of hydrogen-bond acceptors (Lipinski definition) is 3. The Balaban J connectivity index is 0.000000230. The first-order valence-corrected chi connectivity index (χ1v) is 20.5. The van der Waals surface area contributed by atoms with Crippen LogP contribution in [0.5, 0.6) is 23.0 Å². The smallest absolute Gasteiger partial charge is 0.127 e. The number of benzene rings is 8. The van der Waals surface area contributed by atoms with E-state index in [0.717, 1.165) is 44.9 Å². The highest BCUT2D eigenvalue weighted by Gasteiger charge is 2.46. The molecule has 0 fully saturated rings. The quantitative estimate of drug-likeness (QED) is 0.188. The van der Waals surface area contributed by atoms with Gasteiger partial charge in [0.15, 0.2) is 0 Å². The number of aromatic hydroxyl groups is 2. The van der Waals surface area contributed by atoms with Gasteiger partial charge in [-0.3, -0.25) is 0 Å². The fourth-order valence-corrected chi connectivity index (χ4v) is 7.07. The van der Waals surface area contributed by atoms with Gasteiger partial charge in [-0.05, 0) is 127 Å². The van der Waals surface area contributed by atoms with E-state index in [1.807, 2.05) is 98.8 Å². The minimum atomic E-state index is -0.495. The fourth-order valence-electron chi connectivity index (χ4n) is 7.07. The number of hydrogen-bond donors (Lipinski definition) is 2. The number of para-hydroxylation sites is 2. The van der Waals surface area contributed by atoms with Crippen LogP contribution in [0.25, 0.3) is 32.7 Å². The van der Waals surface area contributed by atoms with Gasteiger partial charge in [0.05, 0.1) is 5.41 Å². The summed E-state index contributed by atoms with van der Waals surface area (Å²) in [6, 6.07) is 61.1. The molecule has 2 N–H and O–H groups in total. The van der Waals surface area contributed by atoms with Crippen molar-refractivity contribution in [1.29, 1.82) is 0 Å². The Hall–Kier alpha value is -6.32. The molecule has 0 radical (unpaired) electrons. The number of fused-ring (bicyclic) bond motifs is 5. The summed E-state index contributed by atoms with van der Waals surface area (Å²) in [6.45, 7) is 17.0. The Morgan fingerprint density at radius 3 is 1.07 bits per heavy atom. The van der Waals surface area contributed by atoms with Gasteiger partial charge in [0, 0.05) is 0 Å². The molecule has 1 aliphatic carbocycles. The zero-order valence-corrected chi connectivity index (χ0v) is 35.3. The summed E-state index contributed by atoms with van der Waals surface area (Å²) in [5.74, 6) is 3.95. The van der Waals surface area contributed by atoms with Gasteiger partial charge in [-0.25, -0.2) is 0 Å². The number of rotatable bonds is 4. The first-order valence-electron chi connectivity index (χ1n) is 20.5. The molecule has 0 unspecified atom stereocenters. The highest BCUT2D eigenvalue weighted by Crippen LogP contribution is 2.56. The van der Waals surface area contributed by atoms with E-state index in [2.05, 4.69) is 126 Å². The molecule has 8 aromatic rings. The molecule has 1 aliphatic rings. The summed E-state index contributed by atoms with van der Waals surface area (Å²) in [5.41, 5.74) is 6.90. The Bertz CT molecular complexity index is 2320. The van der Waals surface area contributed by atoms with Crippen LogP contribution in [0.3, 0.4) is 0 Å². The van der Waals surface area contributed by atoms with Crippen molar-refractivity contribution in [2.45, 2.75) is 60.8 Å². The van der Waals surface area contributed by atoms with Crippen molar-refractivity contribution >= 4 is 21.5 Å². The molecule has 3 nitrogen and oxygen atoms in total. The molecular formula is C55H58O3. The predicted octanol–water partition coefficient (Wildman–Crippen LogP) is 15.6. The summed E-state index contributed by atoms with van der Waals surface area (Å²) in [4.78, 5) is 0. The summed E-state index contributed by atoms with van der Waals surface area (Å²) in [5, 5.41) is 24.2. The van der Waals surface area contributed by atoms with Gasteiger partial charge in [-0.1, -0.05) is 177 Å². The van der Waals surface area contributed by atoms with Gasteiger partial charge in [0.2, 0.25) is 0 Å². The summed E-state index contributed by atoms with van der Waals surface area (Å²) < 4.78 is 5.58. The van der Waals surface area contributed by atoms with Crippen LogP contribution in [-0.4, -0.2) is 10.2 Å². The normalized spacial score (nSPS) is 11.7. The lowest BCUT2D eigenvalue weighted by Crippen LogP contribution is -2.28. The zero-order chi connectivity index (χ0) is 41.7. The van der Waals surface area contributed by atoms with Gasteiger partial charge < -0.3 is 14.9 Å². The summed E-state index contributed by atoms with van der Waals surface area (Å²) >= 11 is 0. The molecule has 3 heteroatoms. The van der Waals surface area contributed by atoms with E-state index in [0.29, 0.717) is 0 Å². The Kier molecular flexibility index (Phi) is 14.9. The summed E-state index contributed by atoms with van der Waals surface area (Å²) in [7, 11) is 0. The van der Waals surface area contributed by atoms with Gasteiger partial charge in [0.25, 0.3) is 0 Å². The fraction of sp³-hybridized carbons (Fsp3) is 0.200. The van der Waals surface area contributed by atoms with Gasteiger partial charge in [0.1, 0.15) is 23.0 Å². The van der Waals surface area contributed by atoms with E-state index >= 15 is 0 Å². The maximum atomic E-state index is 10.0. The average molecular weight is 767 g/mol. The largest absolute Gasteiger partial charge is 0.508 e. The second kappa shape index (κ2) is 20.2. The van der Waals surface area contributed by atoms with Crippen LogP contribution in [0.1, 0.15) is 77.6 Å². The third kappa shape index (κ3) is 10.2. The van der Waals surface area contributed by atoms with E-state index < -0.39 is 5.41 Å². The lowest BCUT2D eigenvalue weighted by molar-refractivity contribution is 0.475. The molecule has 8 aromatic carbocycles. The van der Waals surface area contributed by atoms with Gasteiger partial charge in [-0.2, -0.15) is 0 Å². The van der Waals surface area contributed by atoms with E-state index in [9.17, 15) is 10.2 Å². The van der Waals surface area contributed by atoms with Crippen LogP contribution < -0.4 is 4.74 Å². The molecule has 0 saturated carbocycles. The summed E-state index contributed by atoms with van der Waals surface area (Å²) in [6.07, 6.45) is 0. The van der Waals surface area contributed by atoms with Crippen LogP contribution in [-0.2, 0) is 5.41 Å². The van der Waals surface area contributed by atoms with Gasteiger partial charge in [-0.15, -0.1) is 0 Å². The zero-order valence-electron chi connectivity index (χ0n) is 35.3. The number of ether oxygens (including phenoxy) is 1. The maximum absolute atomic E-state index is 10.0. The standard InChI is InChI=1S/C33H22O2.C12H10O.2C4H10.C2H6/c34-27-15-11-21-17-25(13-9-23(21)19-27)33(26-14-10-24-20-28(35)16-12-22(24)18-26)31-7-3-1-5-29(31)30-6-2-4-8-32(30)33;1-3-7-11(8-4-1)13-12-9-5-2-6-10-12;2*1-4(2)3;1-2/h1-20,34-35H;1-10H;2*4H,1-3H3;1-2H3. The number of phenolic OH excluding ortho intramolecular Hbond substituents is 2. The molecular weight excluding hydrogens is 709 g/mol. The first-order chi connectivity index (χ1) is 28.1. The first kappa shape index (κ1) is 42.8. The SMILES string of the molecule is CC.CC(C)C.CC(C)C.Oc1ccc2cc(C3(c4ccc5cc(O)ccc5c4)c4ccccc4-c4ccccc43)ccc2c1.c1ccc(Oc2ccccc2)cc1. The van der Waals surface area contributed by atoms with E-state index in [1.54, 1.807) is 12.1 Å². The highest BCUT2D eigenvalue weighted by atomic mass is 16.5. The Morgan fingerprint density at radius 2 is 0.690 bits per heavy atom. The maximum Gasteiger partial charge on any atom is 0.127 e. The topological polar surface area (TPSA) is 49.7 Å². The Labute approximate surface area is 346 Å². The molecule has 0 spiro atoms. The van der Waals surface area contributed by atoms with Crippen LogP contribution >= 0.6 is 0 Å². The molecule has 58 heavy (non-hydrogen) atoms. The third-order valence-electron chi connectivity index (χ3n) is 9.19. The monoisotopic (exact) mass is 766 g/mol. The van der Waals surface area contributed by atoms with Crippen molar-refractivity contribution in [1.82, 2.24) is 0 Å². The van der Waals surface area contributed by atoms with E-state index in [1.165, 1.54) is 33.4 Å². The lowest BCUT2D eigenvalue weighted by atomic mass is 9.67. The molecule has 0 atom stereocenters. The van der Waals surface area contributed by atoms with Crippen molar-refractivity contribution < 1.29 is 14.9 Å². The minimum absolute atomic E-state index is 0.273. The van der Waals surface area contributed by atoms with Crippen LogP contribution in [0.15, 0.2) is 182 Å². The molecule has 0 heterocycles. The second-order valence-corrected chi connectivity index (χ2v) is 15.5. The lowest BCUT2D eigenvalue weighted by Gasteiger charge is -2.34. The average Bonchev–Trinajstić information content (AvgIpc) is 3.53. The molecule has 0 aliphatic heterocycles. The van der Waals surface area contributed by atoms with Crippen molar-refractivity contribution in [3.63, 3.8) is 0 Å². The minimum Gasteiger partial charge on any atom is -0.508 e. The molecule has 0 bridgehead atoms. The van der Waals surface area contributed by atoms with Crippen molar-refractivity contribution in [2.24, 2.45) is 11.8 Å². The van der Waals surface area contributed by atoms with E-state index in [4.69, 9.17) is 4.74 Å². The van der Waals surface area contributed by atoms with Crippen molar-refractivity contribution in [3.8, 4) is 34.1 Å². The van der Waals surface area contributed by atoms with Gasteiger partial charge >= 0.3 is 0 Å². The molecule has 296 valence electrons. The molecule has 0 saturated heterocycles. The van der Waals surface area contributed by atoms with Crippen LogP contribution in [0.2, 0.25) is 0 Å². The Morgan fingerprint density at radius 1 is 0.379 bits per heavy atom. The molecule has 9 rings (SSSR count). The van der Waals surface area contributed by atoms with Crippen LogP contribution in [0.4, 0.5) is 0 Å². The van der Waals surface area contributed by atoms with E-state index in [-0.39, 0.29) is 11.5 Å². The third-order valence-corrected chi connectivity index (χ3v) is 9.19. The van der Waals surface area contributed by atoms with Crippen molar-refractivity contribution in [2.75, 3.05) is 0 Å².